The summed E-state index contributed by atoms with van der Waals surface area (Å²) < 4.78 is 23.4. The van der Waals surface area contributed by atoms with Gasteiger partial charge >= 0.3 is 5.97 Å². The largest absolute Gasteiger partial charge is 0.477 e. The molecule has 0 spiro atoms. The molecule has 0 aliphatic rings. The standard InChI is InChI=1S/C11H12N2O5S2/c1-6-7-9(19-8(6)11(15)16)12-5-13(10(7)14)3-4-20(2,17)18/h5H,3-4H2,1-2H3,(H,15,16). The molecule has 2 aromatic rings. The van der Waals surface area contributed by atoms with Crippen LogP contribution in [-0.4, -0.2) is 41.1 Å². The summed E-state index contributed by atoms with van der Waals surface area (Å²) in [5.74, 6) is -1.28. The molecule has 9 heteroatoms. The number of carboxylic acids is 1. The fourth-order valence-electron chi connectivity index (χ4n) is 1.79. The highest BCUT2D eigenvalue weighted by molar-refractivity contribution is 7.90. The molecule has 2 heterocycles. The fourth-order valence-corrected chi connectivity index (χ4v) is 3.29. The number of thiophene rings is 1. The summed E-state index contributed by atoms with van der Waals surface area (Å²) in [6.07, 6.45) is 2.33. The fraction of sp³-hybridized carbons (Fsp3) is 0.364. The van der Waals surface area contributed by atoms with E-state index in [2.05, 4.69) is 4.98 Å². The number of fused-ring (bicyclic) bond motifs is 1. The van der Waals surface area contributed by atoms with Gasteiger partial charge < -0.3 is 5.11 Å². The Morgan fingerprint density at radius 2 is 2.15 bits per heavy atom. The Kier molecular flexibility index (Phi) is 3.65. The van der Waals surface area contributed by atoms with Crippen LogP contribution in [0.5, 0.6) is 0 Å². The number of carbonyl (C=O) groups is 1. The van der Waals surface area contributed by atoms with Gasteiger partial charge in [0.25, 0.3) is 5.56 Å². The van der Waals surface area contributed by atoms with Gasteiger partial charge in [-0.1, -0.05) is 0 Å². The van der Waals surface area contributed by atoms with Gasteiger partial charge in [-0.15, -0.1) is 11.3 Å². The minimum atomic E-state index is -3.19. The van der Waals surface area contributed by atoms with Crippen LogP contribution in [0.1, 0.15) is 15.2 Å². The van der Waals surface area contributed by atoms with Crippen molar-refractivity contribution in [2.24, 2.45) is 0 Å². The molecule has 0 atom stereocenters. The van der Waals surface area contributed by atoms with Crippen molar-refractivity contribution in [2.45, 2.75) is 13.5 Å². The van der Waals surface area contributed by atoms with Crippen molar-refractivity contribution in [3.8, 4) is 0 Å². The lowest BCUT2D eigenvalue weighted by molar-refractivity contribution is 0.0701. The summed E-state index contributed by atoms with van der Waals surface area (Å²) >= 11 is 0.936. The second kappa shape index (κ2) is 4.98. The lowest BCUT2D eigenvalue weighted by Gasteiger charge is -2.04. The average molecular weight is 316 g/mol. The molecule has 0 aromatic carbocycles. The lowest BCUT2D eigenvalue weighted by atomic mass is 10.2. The summed E-state index contributed by atoms with van der Waals surface area (Å²) in [4.78, 5) is 27.7. The smallest absolute Gasteiger partial charge is 0.346 e. The van der Waals surface area contributed by atoms with Crippen molar-refractivity contribution in [1.82, 2.24) is 9.55 Å². The van der Waals surface area contributed by atoms with E-state index in [1.165, 1.54) is 10.9 Å². The molecule has 0 amide bonds. The first-order valence-electron chi connectivity index (χ1n) is 5.60. The maximum atomic E-state index is 12.2. The molecule has 7 nitrogen and oxygen atoms in total. The zero-order valence-corrected chi connectivity index (χ0v) is 12.4. The Bertz CT molecular complexity index is 848. The van der Waals surface area contributed by atoms with E-state index in [0.717, 1.165) is 17.6 Å². The molecule has 108 valence electrons. The van der Waals surface area contributed by atoms with Gasteiger partial charge in [-0.25, -0.2) is 18.2 Å². The van der Waals surface area contributed by atoms with Gasteiger partial charge in [0.15, 0.2) is 0 Å². The van der Waals surface area contributed by atoms with E-state index < -0.39 is 21.4 Å². The van der Waals surface area contributed by atoms with Crippen LogP contribution in [-0.2, 0) is 16.4 Å². The average Bonchev–Trinajstić information content (AvgIpc) is 2.65. The third-order valence-corrected chi connectivity index (χ3v) is 4.93. The summed E-state index contributed by atoms with van der Waals surface area (Å²) in [6.45, 7) is 1.55. The van der Waals surface area contributed by atoms with Crippen molar-refractivity contribution >= 4 is 37.4 Å². The van der Waals surface area contributed by atoms with E-state index in [0.29, 0.717) is 10.4 Å². The SMILES string of the molecule is Cc1c(C(=O)O)sc2ncn(CCS(C)(=O)=O)c(=O)c12. The van der Waals surface area contributed by atoms with Gasteiger partial charge in [0.05, 0.1) is 17.5 Å². The highest BCUT2D eigenvalue weighted by Crippen LogP contribution is 2.26. The predicted molar refractivity (Wildman–Crippen MR) is 75.3 cm³/mol. The monoisotopic (exact) mass is 316 g/mol. The quantitative estimate of drug-likeness (QED) is 0.881. The van der Waals surface area contributed by atoms with Gasteiger partial charge in [-0.05, 0) is 12.5 Å². The van der Waals surface area contributed by atoms with E-state index in [1.807, 2.05) is 0 Å². The van der Waals surface area contributed by atoms with Crippen LogP contribution < -0.4 is 5.56 Å². The predicted octanol–water partition coefficient (Wildman–Crippen LogP) is 0.509. The number of hydrogen-bond donors (Lipinski definition) is 1. The molecule has 1 N–H and O–H groups in total. The Morgan fingerprint density at radius 3 is 2.70 bits per heavy atom. The van der Waals surface area contributed by atoms with E-state index >= 15 is 0 Å². The number of nitrogens with zero attached hydrogens (tertiary/aromatic N) is 2. The molecule has 0 radical (unpaired) electrons. The molecule has 2 rings (SSSR count). The number of aromatic nitrogens is 2. The highest BCUT2D eigenvalue weighted by atomic mass is 32.2. The Labute approximate surface area is 118 Å². The molecule has 0 aliphatic carbocycles. The molecule has 0 aliphatic heterocycles. The third-order valence-electron chi connectivity index (χ3n) is 2.81. The molecule has 0 saturated heterocycles. The van der Waals surface area contributed by atoms with Crippen molar-refractivity contribution in [1.29, 1.82) is 0 Å². The number of aromatic carboxylic acids is 1. The molecule has 0 saturated carbocycles. The van der Waals surface area contributed by atoms with Gasteiger partial charge in [-0.3, -0.25) is 9.36 Å². The highest BCUT2D eigenvalue weighted by Gasteiger charge is 2.18. The third kappa shape index (κ3) is 2.73. The Morgan fingerprint density at radius 1 is 1.50 bits per heavy atom. The zero-order chi connectivity index (χ0) is 15.1. The van der Waals surface area contributed by atoms with E-state index in [1.54, 1.807) is 6.92 Å². The van der Waals surface area contributed by atoms with E-state index in [9.17, 15) is 18.0 Å². The molecule has 0 bridgehead atoms. The first kappa shape index (κ1) is 14.7. The molecule has 0 unspecified atom stereocenters. The molecule has 2 aromatic heterocycles. The van der Waals surface area contributed by atoms with E-state index in [4.69, 9.17) is 5.11 Å². The lowest BCUT2D eigenvalue weighted by Crippen LogP contribution is -2.24. The second-order valence-electron chi connectivity index (χ2n) is 4.41. The maximum Gasteiger partial charge on any atom is 0.346 e. The molecule has 0 fully saturated rings. The van der Waals surface area contributed by atoms with Crippen LogP contribution in [0, 0.1) is 6.92 Å². The van der Waals surface area contributed by atoms with Crippen molar-refractivity contribution in [2.75, 3.05) is 12.0 Å². The normalized spacial score (nSPS) is 11.9. The van der Waals surface area contributed by atoms with Crippen LogP contribution in [0.2, 0.25) is 0 Å². The van der Waals surface area contributed by atoms with Crippen LogP contribution in [0.4, 0.5) is 0 Å². The van der Waals surface area contributed by atoms with Crippen molar-refractivity contribution < 1.29 is 18.3 Å². The molecular weight excluding hydrogens is 304 g/mol. The minimum Gasteiger partial charge on any atom is -0.477 e. The van der Waals surface area contributed by atoms with Gasteiger partial charge in [-0.2, -0.15) is 0 Å². The van der Waals surface area contributed by atoms with E-state index in [-0.39, 0.29) is 22.6 Å². The van der Waals surface area contributed by atoms with Crippen molar-refractivity contribution in [3.63, 3.8) is 0 Å². The number of carboxylic acid groups (broad SMARTS) is 1. The minimum absolute atomic E-state index is 0.00169. The molecule has 20 heavy (non-hydrogen) atoms. The summed E-state index contributed by atoms with van der Waals surface area (Å²) in [6, 6.07) is 0. The maximum absolute atomic E-state index is 12.2. The summed E-state index contributed by atoms with van der Waals surface area (Å²) in [5.41, 5.74) is -0.0522. The Balaban J connectivity index is 2.56. The van der Waals surface area contributed by atoms with Crippen molar-refractivity contribution in [3.05, 3.63) is 27.1 Å². The first-order chi connectivity index (χ1) is 9.20. The first-order valence-corrected chi connectivity index (χ1v) is 8.48. The topological polar surface area (TPSA) is 106 Å². The van der Waals surface area contributed by atoms with Gasteiger partial charge in [0.2, 0.25) is 0 Å². The second-order valence-corrected chi connectivity index (χ2v) is 7.67. The van der Waals surface area contributed by atoms with Crippen LogP contribution in [0.3, 0.4) is 0 Å². The van der Waals surface area contributed by atoms with Gasteiger partial charge in [0, 0.05) is 12.8 Å². The number of hydrogen-bond acceptors (Lipinski definition) is 6. The van der Waals surface area contributed by atoms with Crippen LogP contribution >= 0.6 is 11.3 Å². The van der Waals surface area contributed by atoms with Crippen LogP contribution in [0.15, 0.2) is 11.1 Å². The number of sulfone groups is 1. The van der Waals surface area contributed by atoms with Crippen LogP contribution in [0.25, 0.3) is 10.2 Å². The number of aryl methyl sites for hydroxylation is 2. The zero-order valence-electron chi connectivity index (χ0n) is 10.8. The molecular formula is C11H12N2O5S2. The summed E-state index contributed by atoms with van der Waals surface area (Å²) in [7, 11) is -3.19. The number of rotatable bonds is 4. The van der Waals surface area contributed by atoms with Gasteiger partial charge in [0.1, 0.15) is 19.5 Å². The Hall–Kier alpha value is -1.74. The summed E-state index contributed by atoms with van der Waals surface area (Å²) in [5, 5.41) is 9.27.